The molecule has 0 bridgehead atoms. The smallest absolute Gasteiger partial charge is 0.0901 e. The third-order valence-electron chi connectivity index (χ3n) is 4.81. The van der Waals surface area contributed by atoms with Gasteiger partial charge in [0.1, 0.15) is 0 Å². The number of nitrogens with one attached hydrogen (secondary N) is 1. The largest absolute Gasteiger partial charge is 0.310 e. The molecular weight excluding hydrogens is 312 g/mol. The molecule has 3 heteroatoms. The second-order valence-electron chi connectivity index (χ2n) is 6.14. The van der Waals surface area contributed by atoms with E-state index in [2.05, 4.69) is 63.7 Å². The molecule has 5 rings (SSSR count). The number of hydrogen-bond acceptors (Lipinski definition) is 3. The Labute approximate surface area is 144 Å². The highest BCUT2D eigenvalue weighted by molar-refractivity contribution is 7.96. The summed E-state index contributed by atoms with van der Waals surface area (Å²) in [5, 5.41) is 8.03. The Morgan fingerprint density at radius 2 is 1.67 bits per heavy atom. The van der Waals surface area contributed by atoms with E-state index in [-0.39, 0.29) is 0 Å². The van der Waals surface area contributed by atoms with Crippen LogP contribution in [0, 0.1) is 0 Å². The van der Waals surface area contributed by atoms with Crippen LogP contribution in [0.25, 0.3) is 39.4 Å². The van der Waals surface area contributed by atoms with Crippen molar-refractivity contribution in [2.45, 2.75) is 12.8 Å². The molecule has 1 heterocycles. The lowest BCUT2D eigenvalue weighted by Gasteiger charge is -2.14. The first-order valence-corrected chi connectivity index (χ1v) is 9.00. The summed E-state index contributed by atoms with van der Waals surface area (Å²) in [6, 6.07) is 15.6. The summed E-state index contributed by atoms with van der Waals surface area (Å²) in [6.07, 6.45) is 10.9. The van der Waals surface area contributed by atoms with Crippen molar-refractivity contribution in [1.82, 2.24) is 4.72 Å². The Kier molecular flexibility index (Phi) is 3.20. The van der Waals surface area contributed by atoms with E-state index in [9.17, 15) is 0 Å². The van der Waals surface area contributed by atoms with Crippen LogP contribution in [0.1, 0.15) is 18.4 Å². The standard InChI is InChI=1S/C21H16N2S/c1-2-5-15-14(4-1)8-9-18-16-6-3-7-20(19(16)11-10-17(15)18)21-12-13-22-24-23-21/h3-13,23H,1-2H2. The van der Waals surface area contributed by atoms with Gasteiger partial charge in [-0.3, -0.25) is 0 Å². The molecule has 0 spiro atoms. The molecule has 1 aliphatic carbocycles. The summed E-state index contributed by atoms with van der Waals surface area (Å²) in [5.74, 6) is 0. The fourth-order valence-corrected chi connectivity index (χ4v) is 4.16. The van der Waals surface area contributed by atoms with E-state index in [0.29, 0.717) is 0 Å². The fourth-order valence-electron chi connectivity index (χ4n) is 3.71. The molecule has 0 saturated carbocycles. The molecule has 0 radical (unpaired) electrons. The topological polar surface area (TPSA) is 24.4 Å². The van der Waals surface area contributed by atoms with Crippen LogP contribution in [0.5, 0.6) is 0 Å². The molecule has 3 aromatic carbocycles. The summed E-state index contributed by atoms with van der Waals surface area (Å²) in [6.45, 7) is 0. The van der Waals surface area contributed by atoms with Crippen molar-refractivity contribution < 1.29 is 0 Å². The third-order valence-corrected chi connectivity index (χ3v) is 5.35. The summed E-state index contributed by atoms with van der Waals surface area (Å²) < 4.78 is 7.42. The minimum Gasteiger partial charge on any atom is -0.310 e. The Hall–Kier alpha value is -2.52. The minimum absolute atomic E-state index is 1.11. The molecule has 24 heavy (non-hydrogen) atoms. The molecule has 0 saturated heterocycles. The number of benzene rings is 3. The number of rotatable bonds is 1. The van der Waals surface area contributed by atoms with Gasteiger partial charge < -0.3 is 4.72 Å². The van der Waals surface area contributed by atoms with Crippen LogP contribution in [0.2, 0.25) is 0 Å². The lowest BCUT2D eigenvalue weighted by Crippen LogP contribution is -2.27. The highest BCUT2D eigenvalue weighted by Gasteiger charge is 2.10. The van der Waals surface area contributed by atoms with Crippen LogP contribution in [0.3, 0.4) is 0 Å². The summed E-state index contributed by atoms with van der Waals surface area (Å²) in [5.41, 5.74) is 2.33. The zero-order valence-electron chi connectivity index (χ0n) is 13.1. The van der Waals surface area contributed by atoms with Gasteiger partial charge in [0, 0.05) is 11.8 Å². The van der Waals surface area contributed by atoms with Gasteiger partial charge in [0.25, 0.3) is 0 Å². The first-order chi connectivity index (χ1) is 11.9. The lowest BCUT2D eigenvalue weighted by atomic mass is 9.94. The summed E-state index contributed by atoms with van der Waals surface area (Å²) in [7, 11) is 0. The van der Waals surface area contributed by atoms with E-state index in [0.717, 1.165) is 18.5 Å². The average molecular weight is 328 g/mol. The van der Waals surface area contributed by atoms with Crippen LogP contribution in [-0.4, -0.2) is 6.21 Å². The van der Waals surface area contributed by atoms with Gasteiger partial charge in [-0.2, -0.15) is 0 Å². The van der Waals surface area contributed by atoms with E-state index in [4.69, 9.17) is 0 Å². The van der Waals surface area contributed by atoms with Gasteiger partial charge >= 0.3 is 0 Å². The molecule has 0 aromatic heterocycles. The minimum atomic E-state index is 1.11. The lowest BCUT2D eigenvalue weighted by molar-refractivity contribution is 1.12. The van der Waals surface area contributed by atoms with Gasteiger partial charge in [0.05, 0.1) is 17.8 Å². The Morgan fingerprint density at radius 1 is 0.833 bits per heavy atom. The second kappa shape index (κ2) is 5.53. The molecule has 0 fully saturated rings. The maximum absolute atomic E-state index is 4.13. The normalized spacial score (nSPS) is 16.1. The van der Waals surface area contributed by atoms with E-state index < -0.39 is 0 Å². The molecule has 2 nitrogen and oxygen atoms in total. The zero-order valence-corrected chi connectivity index (χ0v) is 13.9. The molecule has 0 unspecified atom stereocenters. The predicted octanol–water partition coefficient (Wildman–Crippen LogP) is 3.93. The van der Waals surface area contributed by atoms with Crippen molar-refractivity contribution in [2.24, 2.45) is 4.40 Å². The Morgan fingerprint density at radius 3 is 2.58 bits per heavy atom. The molecule has 116 valence electrons. The van der Waals surface area contributed by atoms with Gasteiger partial charge in [-0.05, 0) is 50.9 Å². The zero-order chi connectivity index (χ0) is 15.9. The summed E-state index contributed by atoms with van der Waals surface area (Å²) in [4.78, 5) is 0. The molecule has 0 amide bonds. The van der Waals surface area contributed by atoms with Crippen LogP contribution in [0.4, 0.5) is 0 Å². The third kappa shape index (κ3) is 2.09. The van der Waals surface area contributed by atoms with Crippen LogP contribution >= 0.6 is 12.1 Å². The molecule has 1 N–H and O–H groups in total. The molecule has 3 aromatic rings. The SMILES string of the molecule is C1=NSNC(c2cccc3c2ccc2c4c(ccc23)=CCCC=4)=C1. The van der Waals surface area contributed by atoms with Crippen LogP contribution < -0.4 is 15.2 Å². The highest BCUT2D eigenvalue weighted by Crippen LogP contribution is 2.30. The van der Waals surface area contributed by atoms with E-state index in [1.807, 2.05) is 12.3 Å². The number of nitrogens with zero attached hydrogens (tertiary/aromatic N) is 1. The van der Waals surface area contributed by atoms with E-state index in [1.54, 1.807) is 0 Å². The predicted molar refractivity (Wildman–Crippen MR) is 106 cm³/mol. The average Bonchev–Trinajstić information content (AvgIpc) is 2.67. The second-order valence-corrected chi connectivity index (χ2v) is 6.74. The number of fused-ring (bicyclic) bond motifs is 5. The van der Waals surface area contributed by atoms with Crippen molar-refractivity contribution in [1.29, 1.82) is 0 Å². The van der Waals surface area contributed by atoms with Crippen molar-refractivity contribution in [3.63, 3.8) is 0 Å². The molecule has 2 aliphatic rings. The van der Waals surface area contributed by atoms with Gasteiger partial charge in [-0.15, -0.1) is 0 Å². The highest BCUT2D eigenvalue weighted by atomic mass is 32.2. The summed E-state index contributed by atoms with van der Waals surface area (Å²) >= 11 is 1.37. The van der Waals surface area contributed by atoms with Crippen LogP contribution in [-0.2, 0) is 0 Å². The first kappa shape index (κ1) is 13.9. The molecule has 0 atom stereocenters. The maximum atomic E-state index is 4.13. The first-order valence-electron chi connectivity index (χ1n) is 8.23. The number of hydrogen-bond donors (Lipinski definition) is 1. The van der Waals surface area contributed by atoms with Gasteiger partial charge in [0.15, 0.2) is 0 Å². The van der Waals surface area contributed by atoms with Gasteiger partial charge in [-0.1, -0.05) is 54.6 Å². The van der Waals surface area contributed by atoms with Crippen molar-refractivity contribution in [3.05, 3.63) is 64.5 Å². The number of allylic oxidation sites excluding steroid dienone is 1. The van der Waals surface area contributed by atoms with E-state index in [1.165, 1.54) is 49.7 Å². The van der Waals surface area contributed by atoms with Crippen molar-refractivity contribution in [3.8, 4) is 0 Å². The monoisotopic (exact) mass is 328 g/mol. The maximum Gasteiger partial charge on any atom is 0.0901 e. The van der Waals surface area contributed by atoms with Gasteiger partial charge in [-0.25, -0.2) is 4.40 Å². The van der Waals surface area contributed by atoms with Crippen LogP contribution in [0.15, 0.2) is 52.9 Å². The van der Waals surface area contributed by atoms with Gasteiger partial charge in [0.2, 0.25) is 0 Å². The Bertz CT molecular complexity index is 1160. The quantitative estimate of drug-likeness (QED) is 0.541. The van der Waals surface area contributed by atoms with Crippen molar-refractivity contribution >= 4 is 57.7 Å². The fraction of sp³-hybridized carbons (Fsp3) is 0.0952. The van der Waals surface area contributed by atoms with Crippen molar-refractivity contribution in [2.75, 3.05) is 0 Å². The Balaban J connectivity index is 1.87. The molecule has 1 aliphatic heterocycles. The van der Waals surface area contributed by atoms with E-state index >= 15 is 0 Å². The molecular formula is C21H16N2S.